The minimum absolute atomic E-state index is 0.0932. The zero-order chi connectivity index (χ0) is 9.99. The van der Waals surface area contributed by atoms with E-state index in [0.717, 1.165) is 12.2 Å². The molecule has 0 unspecified atom stereocenters. The van der Waals surface area contributed by atoms with Crippen molar-refractivity contribution < 1.29 is 4.74 Å². The average Bonchev–Trinajstić information content (AvgIpc) is 1.48. The van der Waals surface area contributed by atoms with Gasteiger partial charge in [0, 0.05) is 0 Å². The largest absolute Gasteiger partial charge is 0.493 e. The van der Waals surface area contributed by atoms with Gasteiger partial charge in [0.1, 0.15) is 5.60 Å². The van der Waals surface area contributed by atoms with Gasteiger partial charge in [-0.05, 0) is 32.6 Å². The lowest BCUT2D eigenvalue weighted by molar-refractivity contribution is 0.00292. The maximum absolute atomic E-state index is 5.62. The molecule has 0 atom stereocenters. The fraction of sp³-hybridized carbons (Fsp3) is 0.818. The van der Waals surface area contributed by atoms with Gasteiger partial charge >= 0.3 is 0 Å². The summed E-state index contributed by atoms with van der Waals surface area (Å²) >= 11 is 0. The summed E-state index contributed by atoms with van der Waals surface area (Å²) in [5.41, 5.74) is 0.211. The molecule has 0 radical (unpaired) electrons. The molecule has 12 heavy (non-hydrogen) atoms. The molecule has 0 aliphatic rings. The summed E-state index contributed by atoms with van der Waals surface area (Å²) in [6.45, 7) is 16.5. The van der Waals surface area contributed by atoms with Gasteiger partial charge in [-0.3, -0.25) is 0 Å². The van der Waals surface area contributed by atoms with Crippen LogP contribution in [0.1, 0.15) is 48.0 Å². The van der Waals surface area contributed by atoms with E-state index in [9.17, 15) is 0 Å². The van der Waals surface area contributed by atoms with Crippen LogP contribution in [0.4, 0.5) is 0 Å². The highest BCUT2D eigenvalue weighted by molar-refractivity contribution is 4.84. The molecule has 0 fully saturated rings. The maximum atomic E-state index is 5.62. The first-order chi connectivity index (χ1) is 5.12. The summed E-state index contributed by atoms with van der Waals surface area (Å²) in [4.78, 5) is 0. The summed E-state index contributed by atoms with van der Waals surface area (Å²) in [5.74, 6) is 0.796. The summed E-state index contributed by atoms with van der Waals surface area (Å²) in [7, 11) is 0. The molecule has 0 N–H and O–H groups in total. The number of ether oxygens (including phenoxy) is 1. The Labute approximate surface area is 76.8 Å². The Hall–Kier alpha value is -0.460. The highest BCUT2D eigenvalue weighted by Crippen LogP contribution is 2.30. The first kappa shape index (κ1) is 11.5. The smallest absolute Gasteiger partial charge is 0.103 e. The Morgan fingerprint density at radius 2 is 1.58 bits per heavy atom. The van der Waals surface area contributed by atoms with E-state index in [1.165, 1.54) is 0 Å². The number of rotatable bonds is 3. The fourth-order valence-electron chi connectivity index (χ4n) is 1.78. The van der Waals surface area contributed by atoms with Crippen LogP contribution in [-0.4, -0.2) is 5.60 Å². The number of hydrogen-bond acceptors (Lipinski definition) is 1. The summed E-state index contributed by atoms with van der Waals surface area (Å²) in [5, 5.41) is 0. The third-order valence-corrected chi connectivity index (χ3v) is 1.41. The normalized spacial score (nSPS) is 12.8. The van der Waals surface area contributed by atoms with Crippen LogP contribution in [0.2, 0.25) is 0 Å². The first-order valence-electron chi connectivity index (χ1n) is 4.47. The van der Waals surface area contributed by atoms with Crippen molar-refractivity contribution in [1.82, 2.24) is 0 Å². The van der Waals surface area contributed by atoms with E-state index in [4.69, 9.17) is 4.74 Å². The van der Waals surface area contributed by atoms with Crippen molar-refractivity contribution in [2.75, 3.05) is 0 Å². The Morgan fingerprint density at radius 3 is 1.83 bits per heavy atom. The monoisotopic (exact) mass is 170 g/mol. The predicted octanol–water partition coefficient (Wildman–Crippen LogP) is 3.75. The van der Waals surface area contributed by atoms with Gasteiger partial charge in [0.15, 0.2) is 0 Å². The Morgan fingerprint density at radius 1 is 1.17 bits per heavy atom. The Kier molecular flexibility index (Phi) is 3.37. The van der Waals surface area contributed by atoms with Crippen LogP contribution >= 0.6 is 0 Å². The van der Waals surface area contributed by atoms with Crippen LogP contribution in [0, 0.1) is 5.41 Å². The zero-order valence-corrected chi connectivity index (χ0v) is 9.32. The zero-order valence-electron chi connectivity index (χ0n) is 9.32. The third kappa shape index (κ3) is 6.26. The Bertz CT molecular complexity index is 160. The van der Waals surface area contributed by atoms with E-state index >= 15 is 0 Å². The number of hydrogen-bond donors (Lipinski definition) is 0. The standard InChI is InChI=1S/C11H22O/c1-9(2)12-11(6,7)8-10(3,4)5/h1,8H2,2-7H3. The quantitative estimate of drug-likeness (QED) is 0.586. The maximum Gasteiger partial charge on any atom is 0.103 e. The van der Waals surface area contributed by atoms with Gasteiger partial charge in [0.2, 0.25) is 0 Å². The molecule has 0 bridgehead atoms. The van der Waals surface area contributed by atoms with E-state index in [2.05, 4.69) is 41.2 Å². The summed E-state index contributed by atoms with van der Waals surface area (Å²) in [6.07, 6.45) is 1.03. The molecular weight excluding hydrogens is 148 g/mol. The van der Waals surface area contributed by atoms with Crippen molar-refractivity contribution in [2.45, 2.75) is 53.6 Å². The van der Waals surface area contributed by atoms with Crippen molar-refractivity contribution in [3.8, 4) is 0 Å². The van der Waals surface area contributed by atoms with Crippen molar-refractivity contribution in [3.05, 3.63) is 12.3 Å². The average molecular weight is 170 g/mol. The highest BCUT2D eigenvalue weighted by Gasteiger charge is 2.26. The van der Waals surface area contributed by atoms with Crippen molar-refractivity contribution in [2.24, 2.45) is 5.41 Å². The molecule has 0 saturated carbocycles. The molecule has 0 aliphatic heterocycles. The number of allylic oxidation sites excluding steroid dienone is 1. The lowest BCUT2D eigenvalue weighted by Crippen LogP contribution is -2.29. The van der Waals surface area contributed by atoms with Crippen LogP contribution < -0.4 is 0 Å². The second-order valence-electron chi connectivity index (χ2n) is 5.30. The summed E-state index contributed by atoms with van der Waals surface area (Å²) in [6, 6.07) is 0. The van der Waals surface area contributed by atoms with Gasteiger partial charge in [-0.15, -0.1) is 0 Å². The lowest BCUT2D eigenvalue weighted by Gasteiger charge is -2.33. The van der Waals surface area contributed by atoms with Crippen LogP contribution in [0.15, 0.2) is 12.3 Å². The van der Waals surface area contributed by atoms with E-state index in [1.807, 2.05) is 6.92 Å². The van der Waals surface area contributed by atoms with Crippen LogP contribution in [0.3, 0.4) is 0 Å². The van der Waals surface area contributed by atoms with Crippen molar-refractivity contribution in [3.63, 3.8) is 0 Å². The predicted molar refractivity (Wildman–Crippen MR) is 54.1 cm³/mol. The molecule has 1 nitrogen and oxygen atoms in total. The van der Waals surface area contributed by atoms with Gasteiger partial charge in [0.05, 0.1) is 5.76 Å². The molecule has 0 aliphatic carbocycles. The highest BCUT2D eigenvalue weighted by atomic mass is 16.5. The Balaban J connectivity index is 4.13. The molecule has 0 spiro atoms. The van der Waals surface area contributed by atoms with Gasteiger partial charge in [-0.1, -0.05) is 27.4 Å². The molecule has 0 aromatic heterocycles. The molecule has 0 rings (SSSR count). The molecular formula is C11H22O. The molecule has 72 valence electrons. The van der Waals surface area contributed by atoms with E-state index in [0.29, 0.717) is 5.41 Å². The third-order valence-electron chi connectivity index (χ3n) is 1.41. The molecule has 0 saturated heterocycles. The van der Waals surface area contributed by atoms with Crippen molar-refractivity contribution in [1.29, 1.82) is 0 Å². The van der Waals surface area contributed by atoms with E-state index < -0.39 is 0 Å². The van der Waals surface area contributed by atoms with Gasteiger partial charge < -0.3 is 4.74 Å². The molecule has 1 heteroatoms. The van der Waals surface area contributed by atoms with E-state index in [1.54, 1.807) is 0 Å². The van der Waals surface area contributed by atoms with Gasteiger partial charge in [-0.25, -0.2) is 0 Å². The second kappa shape index (κ2) is 3.51. The van der Waals surface area contributed by atoms with E-state index in [-0.39, 0.29) is 5.60 Å². The molecule has 0 amide bonds. The van der Waals surface area contributed by atoms with Crippen LogP contribution in [0.5, 0.6) is 0 Å². The minimum Gasteiger partial charge on any atom is -0.493 e. The molecule has 0 aromatic rings. The fourth-order valence-corrected chi connectivity index (χ4v) is 1.78. The van der Waals surface area contributed by atoms with Gasteiger partial charge in [0.25, 0.3) is 0 Å². The molecule has 0 heterocycles. The van der Waals surface area contributed by atoms with Crippen LogP contribution in [0.25, 0.3) is 0 Å². The molecule has 0 aromatic carbocycles. The topological polar surface area (TPSA) is 9.23 Å². The second-order valence-corrected chi connectivity index (χ2v) is 5.30. The van der Waals surface area contributed by atoms with Gasteiger partial charge in [-0.2, -0.15) is 0 Å². The van der Waals surface area contributed by atoms with Crippen LogP contribution in [-0.2, 0) is 4.74 Å². The SMILES string of the molecule is C=C(C)OC(C)(C)CC(C)(C)C. The minimum atomic E-state index is -0.0932. The lowest BCUT2D eigenvalue weighted by atomic mass is 9.83. The summed E-state index contributed by atoms with van der Waals surface area (Å²) < 4.78 is 5.62. The van der Waals surface area contributed by atoms with Crippen molar-refractivity contribution >= 4 is 0 Å². The first-order valence-corrected chi connectivity index (χ1v) is 4.47.